The standard InChI is InChI=1S/C22H29NO4S/c1-4-5-6-7-8-16-10-12-21(28-16)22-17-14-20(27-3)19(26-2)13-15(17)9-11-18(22)23(24)25/h10,12-14,18,22H,4-9,11H2,1-3H3/t18-,22-/m0/s1. The Kier molecular flexibility index (Phi) is 6.94. The lowest BCUT2D eigenvalue weighted by molar-refractivity contribution is -0.526. The Bertz CT molecular complexity index is 817. The molecule has 0 fully saturated rings. The fraction of sp³-hybridized carbons (Fsp3) is 0.545. The van der Waals surface area contributed by atoms with Crippen molar-refractivity contribution in [1.29, 1.82) is 0 Å². The van der Waals surface area contributed by atoms with Gasteiger partial charge < -0.3 is 9.47 Å². The molecule has 0 spiro atoms. The lowest BCUT2D eigenvalue weighted by Gasteiger charge is -2.28. The Balaban J connectivity index is 1.93. The van der Waals surface area contributed by atoms with Gasteiger partial charge in [-0.25, -0.2) is 0 Å². The van der Waals surface area contributed by atoms with Gasteiger partial charge in [-0.05, 0) is 54.7 Å². The third-order valence-corrected chi connectivity index (χ3v) is 6.84. The molecule has 1 heterocycles. The van der Waals surface area contributed by atoms with Gasteiger partial charge in [0.15, 0.2) is 11.5 Å². The summed E-state index contributed by atoms with van der Waals surface area (Å²) >= 11 is 1.73. The highest BCUT2D eigenvalue weighted by Gasteiger charge is 2.40. The van der Waals surface area contributed by atoms with Gasteiger partial charge >= 0.3 is 0 Å². The minimum absolute atomic E-state index is 0.106. The summed E-state index contributed by atoms with van der Waals surface area (Å²) in [7, 11) is 3.22. The zero-order chi connectivity index (χ0) is 20.1. The average Bonchev–Trinajstić information content (AvgIpc) is 3.17. The van der Waals surface area contributed by atoms with E-state index in [-0.39, 0.29) is 10.8 Å². The highest BCUT2D eigenvalue weighted by molar-refractivity contribution is 7.12. The molecule has 1 aromatic carbocycles. The second-order valence-corrected chi connectivity index (χ2v) is 8.59. The van der Waals surface area contributed by atoms with E-state index in [4.69, 9.17) is 9.47 Å². The minimum atomic E-state index is -0.600. The van der Waals surface area contributed by atoms with Crippen LogP contribution in [-0.2, 0) is 12.8 Å². The molecule has 3 rings (SSSR count). The van der Waals surface area contributed by atoms with E-state index in [0.29, 0.717) is 24.3 Å². The fourth-order valence-corrected chi connectivity index (χ4v) is 5.34. The molecule has 0 N–H and O–H groups in total. The monoisotopic (exact) mass is 403 g/mol. The van der Waals surface area contributed by atoms with Crippen molar-refractivity contribution in [3.8, 4) is 11.5 Å². The van der Waals surface area contributed by atoms with Crippen molar-refractivity contribution in [3.63, 3.8) is 0 Å². The van der Waals surface area contributed by atoms with Crippen molar-refractivity contribution in [2.45, 2.75) is 63.8 Å². The summed E-state index contributed by atoms with van der Waals surface area (Å²) in [5, 5.41) is 11.8. The maximum atomic E-state index is 11.8. The van der Waals surface area contributed by atoms with Crippen LogP contribution < -0.4 is 9.47 Å². The van der Waals surface area contributed by atoms with Crippen LogP contribution in [0.25, 0.3) is 0 Å². The molecule has 28 heavy (non-hydrogen) atoms. The zero-order valence-electron chi connectivity index (χ0n) is 16.9. The van der Waals surface area contributed by atoms with E-state index in [0.717, 1.165) is 22.4 Å². The summed E-state index contributed by atoms with van der Waals surface area (Å²) in [6, 6.07) is 7.56. The fourth-order valence-electron chi connectivity index (χ4n) is 4.11. The van der Waals surface area contributed by atoms with E-state index in [1.54, 1.807) is 25.6 Å². The molecular weight excluding hydrogens is 374 g/mol. The summed E-state index contributed by atoms with van der Waals surface area (Å²) in [5.41, 5.74) is 2.13. The first kappa shape index (κ1) is 20.6. The molecule has 5 nitrogen and oxygen atoms in total. The van der Waals surface area contributed by atoms with Gasteiger partial charge in [-0.3, -0.25) is 10.1 Å². The Hall–Kier alpha value is -2.08. The van der Waals surface area contributed by atoms with Crippen molar-refractivity contribution in [2.75, 3.05) is 14.2 Å². The highest BCUT2D eigenvalue weighted by Crippen LogP contribution is 2.44. The van der Waals surface area contributed by atoms with Crippen LogP contribution in [0.15, 0.2) is 24.3 Å². The number of fused-ring (bicyclic) bond motifs is 1. The van der Waals surface area contributed by atoms with Crippen molar-refractivity contribution in [2.24, 2.45) is 0 Å². The first-order valence-corrected chi connectivity index (χ1v) is 10.9. The largest absolute Gasteiger partial charge is 0.493 e. The van der Waals surface area contributed by atoms with Crippen LogP contribution in [-0.4, -0.2) is 25.2 Å². The summed E-state index contributed by atoms with van der Waals surface area (Å²) in [5.74, 6) is 1.09. The number of nitro groups is 1. The molecule has 0 saturated carbocycles. The summed E-state index contributed by atoms with van der Waals surface area (Å²) in [4.78, 5) is 14.1. The molecule has 1 aliphatic rings. The molecule has 1 aliphatic carbocycles. The molecule has 6 heteroatoms. The topological polar surface area (TPSA) is 61.6 Å². The number of hydrogen-bond acceptors (Lipinski definition) is 5. The van der Waals surface area contributed by atoms with Gasteiger partial charge in [-0.15, -0.1) is 11.3 Å². The van der Waals surface area contributed by atoms with E-state index in [2.05, 4.69) is 19.1 Å². The average molecular weight is 404 g/mol. The third-order valence-electron chi connectivity index (χ3n) is 5.61. The lowest BCUT2D eigenvalue weighted by atomic mass is 9.78. The molecule has 152 valence electrons. The molecule has 2 aromatic rings. The van der Waals surface area contributed by atoms with Gasteiger partial charge in [-0.1, -0.05) is 26.2 Å². The van der Waals surface area contributed by atoms with E-state index < -0.39 is 6.04 Å². The molecule has 0 radical (unpaired) electrons. The van der Waals surface area contributed by atoms with E-state index in [9.17, 15) is 10.1 Å². The Morgan fingerprint density at radius 1 is 1.14 bits per heavy atom. The van der Waals surface area contributed by atoms with Gasteiger partial charge in [0.25, 0.3) is 0 Å². The van der Waals surface area contributed by atoms with Gasteiger partial charge in [-0.2, -0.15) is 0 Å². The Morgan fingerprint density at radius 2 is 1.89 bits per heavy atom. The molecule has 0 amide bonds. The second-order valence-electron chi connectivity index (χ2n) is 7.39. The van der Waals surface area contributed by atoms with Crippen LogP contribution in [0.3, 0.4) is 0 Å². The number of thiophene rings is 1. The molecule has 1 aromatic heterocycles. The number of rotatable bonds is 9. The number of methoxy groups -OCH3 is 2. The zero-order valence-corrected chi connectivity index (χ0v) is 17.7. The van der Waals surface area contributed by atoms with Gasteiger partial charge in [0.1, 0.15) is 0 Å². The van der Waals surface area contributed by atoms with Gasteiger partial charge in [0, 0.05) is 21.1 Å². The van der Waals surface area contributed by atoms with Crippen LogP contribution in [0.1, 0.15) is 65.8 Å². The molecule has 2 atom stereocenters. The van der Waals surface area contributed by atoms with Crippen LogP contribution in [0.4, 0.5) is 0 Å². The number of benzene rings is 1. The second kappa shape index (κ2) is 9.41. The van der Waals surface area contributed by atoms with Gasteiger partial charge in [0.05, 0.1) is 20.1 Å². The summed E-state index contributed by atoms with van der Waals surface area (Å²) in [6.45, 7) is 2.21. The number of aryl methyl sites for hydroxylation is 2. The first-order valence-electron chi connectivity index (χ1n) is 10.1. The maximum absolute atomic E-state index is 11.8. The SMILES string of the molecule is CCCCCCc1ccc([C@H]2c3cc(OC)c(OC)cc3CC[C@@H]2[N+](=O)[O-])s1. The van der Waals surface area contributed by atoms with E-state index in [1.165, 1.54) is 30.6 Å². The quantitative estimate of drug-likeness (QED) is 0.310. The van der Waals surface area contributed by atoms with Gasteiger partial charge in [0.2, 0.25) is 6.04 Å². The smallest absolute Gasteiger partial charge is 0.225 e. The van der Waals surface area contributed by atoms with Crippen molar-refractivity contribution in [1.82, 2.24) is 0 Å². The van der Waals surface area contributed by atoms with E-state index in [1.807, 2.05) is 12.1 Å². The Labute approximate surface area is 170 Å². The summed E-state index contributed by atoms with van der Waals surface area (Å²) in [6.07, 6.45) is 7.20. The maximum Gasteiger partial charge on any atom is 0.225 e. The van der Waals surface area contributed by atoms with Crippen LogP contribution in [0.2, 0.25) is 0 Å². The summed E-state index contributed by atoms with van der Waals surface area (Å²) < 4.78 is 10.9. The van der Waals surface area contributed by atoms with Crippen molar-refractivity contribution < 1.29 is 14.4 Å². The molecule has 0 aliphatic heterocycles. The number of ether oxygens (including phenoxy) is 2. The van der Waals surface area contributed by atoms with Crippen molar-refractivity contribution in [3.05, 3.63) is 55.3 Å². The molecule has 0 saturated heterocycles. The van der Waals surface area contributed by atoms with E-state index >= 15 is 0 Å². The molecular formula is C22H29NO4S. The number of nitrogens with zero attached hydrogens (tertiary/aromatic N) is 1. The number of hydrogen-bond donors (Lipinski definition) is 0. The van der Waals surface area contributed by atoms with Crippen molar-refractivity contribution >= 4 is 11.3 Å². The Morgan fingerprint density at radius 3 is 2.57 bits per heavy atom. The lowest BCUT2D eigenvalue weighted by Crippen LogP contribution is -2.32. The molecule has 0 unspecified atom stereocenters. The van der Waals surface area contributed by atoms with Crippen LogP contribution >= 0.6 is 11.3 Å². The number of unbranched alkanes of at least 4 members (excludes halogenated alkanes) is 3. The minimum Gasteiger partial charge on any atom is -0.493 e. The predicted octanol–water partition coefficient (Wildman–Crippen LogP) is 5.61. The third kappa shape index (κ3) is 4.32. The van der Waals surface area contributed by atoms with Crippen LogP contribution in [0, 0.1) is 10.1 Å². The first-order chi connectivity index (χ1) is 13.6. The predicted molar refractivity (Wildman–Crippen MR) is 113 cm³/mol. The molecule has 0 bridgehead atoms. The van der Waals surface area contributed by atoms with Crippen LogP contribution in [0.5, 0.6) is 11.5 Å². The normalized spacial score (nSPS) is 18.5. The highest BCUT2D eigenvalue weighted by atomic mass is 32.1.